The molecule has 2 N–H and O–H groups in total. The van der Waals surface area contributed by atoms with E-state index in [1.54, 1.807) is 0 Å². The number of carboxylic acids is 1. The first kappa shape index (κ1) is 23.5. The summed E-state index contributed by atoms with van der Waals surface area (Å²) in [4.78, 5) is 11.0. The van der Waals surface area contributed by atoms with Crippen LogP contribution in [0.3, 0.4) is 0 Å². The van der Waals surface area contributed by atoms with Crippen molar-refractivity contribution >= 4 is 17.6 Å². The van der Waals surface area contributed by atoms with Crippen LogP contribution in [0.1, 0.15) is 62.4 Å². The Labute approximate surface area is 182 Å². The lowest BCUT2D eigenvalue weighted by atomic mass is 9.62. The molecule has 168 valence electrons. The highest BCUT2D eigenvalue weighted by Crippen LogP contribution is 2.46. The number of rotatable bonds is 6. The smallest absolute Gasteiger partial charge is 0.335 e. The van der Waals surface area contributed by atoms with Crippen LogP contribution in [0.5, 0.6) is 0 Å². The van der Waals surface area contributed by atoms with Crippen LogP contribution in [-0.2, 0) is 16.1 Å². The number of hydrogen-bond donors (Lipinski definition) is 2. The van der Waals surface area contributed by atoms with Gasteiger partial charge in [-0.05, 0) is 62.0 Å². The molecule has 0 radical (unpaired) electrons. The first-order valence-electron chi connectivity index (χ1n) is 10.8. The molecule has 1 heterocycles. The lowest BCUT2D eigenvalue weighted by Gasteiger charge is -2.44. The summed E-state index contributed by atoms with van der Waals surface area (Å²) >= 11 is 6.05. The van der Waals surface area contributed by atoms with Crippen molar-refractivity contribution in [1.82, 2.24) is 0 Å². The summed E-state index contributed by atoms with van der Waals surface area (Å²) in [7, 11) is 0. The second-order valence-electron chi connectivity index (χ2n) is 9.05. The van der Waals surface area contributed by atoms with Gasteiger partial charge in [0.1, 0.15) is 5.82 Å². The Hall–Kier alpha value is -1.21. The van der Waals surface area contributed by atoms with E-state index < -0.39 is 18.1 Å². The lowest BCUT2D eigenvalue weighted by Crippen LogP contribution is -2.42. The fourth-order valence-electron chi connectivity index (χ4n) is 5.20. The van der Waals surface area contributed by atoms with Crippen molar-refractivity contribution in [1.29, 1.82) is 0 Å². The Balaban J connectivity index is 1.67. The Bertz CT molecular complexity index is 734. The number of aliphatic hydroxyl groups excluding tert-OH is 1. The molecule has 30 heavy (non-hydrogen) atoms. The Morgan fingerprint density at radius 2 is 2.00 bits per heavy atom. The van der Waals surface area contributed by atoms with E-state index in [9.17, 15) is 14.3 Å². The molecule has 2 aliphatic rings. The standard InChI is InChI=1S/C23H32ClFO5/c1-12-4-6-17(18-10-29-13(2)5-7-16(12)18)14(3)23(28)30-11-19-20(24)8-15(22(26)27)9-21(19)25/h8-9,12-14,16-18,23,28H,4-7,10-11H2,1-3H3,(H,26,27)/t12-,13?,14-,16+,17+,18?,23-/m1/s1. The second kappa shape index (κ2) is 9.94. The minimum atomic E-state index is -1.25. The number of carbonyl (C=O) groups is 1. The molecule has 7 atom stereocenters. The molecule has 1 aromatic rings. The van der Waals surface area contributed by atoms with Gasteiger partial charge in [0.25, 0.3) is 0 Å². The number of fused-ring (bicyclic) bond motifs is 1. The maximum absolute atomic E-state index is 14.3. The van der Waals surface area contributed by atoms with Gasteiger partial charge < -0.3 is 19.7 Å². The Morgan fingerprint density at radius 1 is 1.27 bits per heavy atom. The molecule has 0 bridgehead atoms. The van der Waals surface area contributed by atoms with Crippen molar-refractivity contribution in [3.05, 3.63) is 34.1 Å². The summed E-state index contributed by atoms with van der Waals surface area (Å²) in [5.41, 5.74) is -0.171. The van der Waals surface area contributed by atoms with Crippen molar-refractivity contribution in [2.24, 2.45) is 29.6 Å². The fourth-order valence-corrected chi connectivity index (χ4v) is 5.47. The van der Waals surface area contributed by atoms with Gasteiger partial charge in [0.2, 0.25) is 0 Å². The SMILES string of the molecule is CC1CC[C@@H]2C(CO1)[C@H]([C@@H](C)[C@H](O)OCc1c(F)cc(C(=O)O)cc1Cl)CC[C@H]2C. The topological polar surface area (TPSA) is 76.0 Å². The van der Waals surface area contributed by atoms with Crippen LogP contribution in [0.2, 0.25) is 5.02 Å². The van der Waals surface area contributed by atoms with Gasteiger partial charge in [0, 0.05) is 16.5 Å². The van der Waals surface area contributed by atoms with Crippen LogP contribution in [0.15, 0.2) is 12.1 Å². The summed E-state index contributed by atoms with van der Waals surface area (Å²) < 4.78 is 25.9. The van der Waals surface area contributed by atoms with Gasteiger partial charge in [-0.1, -0.05) is 31.9 Å². The normalized spacial score (nSPS) is 31.5. The van der Waals surface area contributed by atoms with Gasteiger partial charge >= 0.3 is 5.97 Å². The third kappa shape index (κ3) is 5.16. The van der Waals surface area contributed by atoms with Gasteiger partial charge in [-0.25, -0.2) is 9.18 Å². The quantitative estimate of drug-likeness (QED) is 0.597. The first-order chi connectivity index (χ1) is 14.2. The molecular formula is C23H32ClFO5. The third-order valence-corrected chi connectivity index (χ3v) is 7.51. The van der Waals surface area contributed by atoms with Crippen LogP contribution in [0.4, 0.5) is 4.39 Å². The molecule has 0 amide bonds. The molecule has 7 heteroatoms. The number of benzene rings is 1. The molecule has 2 fully saturated rings. The number of halogens is 2. The van der Waals surface area contributed by atoms with Crippen molar-refractivity contribution in [2.45, 2.75) is 65.5 Å². The fraction of sp³-hybridized carbons (Fsp3) is 0.696. The van der Waals surface area contributed by atoms with Crippen LogP contribution in [-0.4, -0.2) is 35.2 Å². The molecule has 1 saturated heterocycles. The van der Waals surface area contributed by atoms with E-state index in [-0.39, 0.29) is 40.7 Å². The minimum absolute atomic E-state index is 0.0232. The lowest BCUT2D eigenvalue weighted by molar-refractivity contribution is -0.164. The average molecular weight is 443 g/mol. The number of ether oxygens (including phenoxy) is 2. The predicted molar refractivity (Wildman–Crippen MR) is 112 cm³/mol. The predicted octanol–water partition coefficient (Wildman–Crippen LogP) is 5.13. The van der Waals surface area contributed by atoms with Crippen LogP contribution < -0.4 is 0 Å². The van der Waals surface area contributed by atoms with Crippen LogP contribution >= 0.6 is 11.6 Å². The van der Waals surface area contributed by atoms with Crippen molar-refractivity contribution in [2.75, 3.05) is 6.61 Å². The van der Waals surface area contributed by atoms with Gasteiger partial charge in [-0.15, -0.1) is 0 Å². The molecule has 0 aromatic heterocycles. The molecule has 5 nitrogen and oxygen atoms in total. The number of hydrogen-bond acceptors (Lipinski definition) is 4. The molecule has 0 spiro atoms. The average Bonchev–Trinajstić information content (AvgIpc) is 2.89. The van der Waals surface area contributed by atoms with Gasteiger partial charge in [0.15, 0.2) is 6.29 Å². The van der Waals surface area contributed by atoms with E-state index in [0.29, 0.717) is 24.4 Å². The van der Waals surface area contributed by atoms with Gasteiger partial charge in [-0.2, -0.15) is 0 Å². The minimum Gasteiger partial charge on any atom is -0.478 e. The highest BCUT2D eigenvalue weighted by atomic mass is 35.5. The molecule has 1 aliphatic carbocycles. The van der Waals surface area contributed by atoms with Crippen molar-refractivity contribution in [3.8, 4) is 0 Å². The zero-order valence-corrected chi connectivity index (χ0v) is 18.6. The van der Waals surface area contributed by atoms with Crippen molar-refractivity contribution in [3.63, 3.8) is 0 Å². The zero-order chi connectivity index (χ0) is 22.0. The summed E-state index contributed by atoms with van der Waals surface area (Å²) in [5.74, 6) is -0.272. The first-order valence-corrected chi connectivity index (χ1v) is 11.2. The zero-order valence-electron chi connectivity index (χ0n) is 17.8. The summed E-state index contributed by atoms with van der Waals surface area (Å²) in [6, 6.07) is 2.11. The van der Waals surface area contributed by atoms with E-state index >= 15 is 0 Å². The van der Waals surface area contributed by atoms with Gasteiger partial charge in [0.05, 0.1) is 24.9 Å². The van der Waals surface area contributed by atoms with Gasteiger partial charge in [-0.3, -0.25) is 0 Å². The number of carboxylic acid groups (broad SMARTS) is 1. The van der Waals surface area contributed by atoms with E-state index in [2.05, 4.69) is 13.8 Å². The highest BCUT2D eigenvalue weighted by Gasteiger charge is 2.43. The Morgan fingerprint density at radius 3 is 2.67 bits per heavy atom. The van der Waals surface area contributed by atoms with E-state index in [1.165, 1.54) is 6.07 Å². The van der Waals surface area contributed by atoms with Crippen LogP contribution in [0.25, 0.3) is 0 Å². The molecule has 1 saturated carbocycles. The van der Waals surface area contributed by atoms with Crippen molar-refractivity contribution < 1.29 is 28.9 Å². The van der Waals surface area contributed by atoms with Crippen LogP contribution in [0, 0.1) is 35.4 Å². The maximum Gasteiger partial charge on any atom is 0.335 e. The third-order valence-electron chi connectivity index (χ3n) is 7.18. The number of aromatic carboxylic acids is 1. The van der Waals surface area contributed by atoms with E-state index in [4.69, 9.17) is 26.2 Å². The molecule has 1 aromatic carbocycles. The second-order valence-corrected chi connectivity index (χ2v) is 9.46. The highest BCUT2D eigenvalue weighted by molar-refractivity contribution is 6.31. The summed E-state index contributed by atoms with van der Waals surface area (Å²) in [5, 5.41) is 19.7. The van der Waals surface area contributed by atoms with E-state index in [1.807, 2.05) is 6.92 Å². The summed E-state index contributed by atoms with van der Waals surface area (Å²) in [6.07, 6.45) is 3.52. The monoisotopic (exact) mass is 442 g/mol. The number of aliphatic hydroxyl groups is 1. The maximum atomic E-state index is 14.3. The molecular weight excluding hydrogens is 411 g/mol. The largest absolute Gasteiger partial charge is 0.478 e. The Kier molecular flexibility index (Phi) is 7.77. The van der Waals surface area contributed by atoms with E-state index in [0.717, 1.165) is 31.7 Å². The molecule has 1 aliphatic heterocycles. The molecule has 3 rings (SSSR count). The molecule has 2 unspecified atom stereocenters. The summed E-state index contributed by atoms with van der Waals surface area (Å²) in [6.45, 7) is 6.89.